The minimum Gasteiger partial charge on any atom is -0.367 e. The standard InChI is InChI=1S/C27H27Cl2N5O.2ClH/c1-16-14-34(15-17(2)33(16)3)25-11-8-18(12-22(25)29)27(35)30-19-9-10-21(28)20(13-19)26-31-23-6-4-5-7-24(23)32-26;;/h4-13,16-17H,14-15H2,1-3H3,(H,30,35)(H,31,32);2*1H/t16-,17+;;. The van der Waals surface area contributed by atoms with Gasteiger partial charge in [0, 0.05) is 42.0 Å². The third kappa shape index (κ3) is 6.00. The number of anilines is 2. The van der Waals surface area contributed by atoms with Crippen LogP contribution in [0.1, 0.15) is 24.2 Å². The van der Waals surface area contributed by atoms with Gasteiger partial charge in [0.2, 0.25) is 0 Å². The predicted octanol–water partition coefficient (Wildman–Crippen LogP) is 7.16. The van der Waals surface area contributed by atoms with Crippen molar-refractivity contribution in [3.8, 4) is 11.4 Å². The van der Waals surface area contributed by atoms with E-state index < -0.39 is 0 Å². The molecule has 2 heterocycles. The van der Waals surface area contributed by atoms with E-state index in [4.69, 9.17) is 23.2 Å². The fourth-order valence-electron chi connectivity index (χ4n) is 4.57. The lowest BCUT2D eigenvalue weighted by molar-refractivity contribution is 0.102. The number of halogens is 4. The van der Waals surface area contributed by atoms with Crippen LogP contribution < -0.4 is 10.2 Å². The number of carbonyl (C=O) groups is 1. The largest absolute Gasteiger partial charge is 0.367 e. The van der Waals surface area contributed by atoms with Crippen molar-refractivity contribution in [1.82, 2.24) is 14.9 Å². The molecule has 1 aliphatic rings. The number of nitrogens with one attached hydrogen (secondary N) is 2. The van der Waals surface area contributed by atoms with Gasteiger partial charge in [0.1, 0.15) is 5.82 Å². The number of hydrogen-bond acceptors (Lipinski definition) is 4. The molecule has 3 aromatic carbocycles. The van der Waals surface area contributed by atoms with Crippen LogP contribution in [0.3, 0.4) is 0 Å². The van der Waals surface area contributed by atoms with E-state index in [9.17, 15) is 4.79 Å². The Hall–Kier alpha value is -2.48. The zero-order valence-electron chi connectivity index (χ0n) is 20.7. The van der Waals surface area contributed by atoms with Crippen LogP contribution in [-0.4, -0.2) is 53.0 Å². The van der Waals surface area contributed by atoms with Gasteiger partial charge < -0.3 is 15.2 Å². The highest BCUT2D eigenvalue weighted by Crippen LogP contribution is 2.32. The Bertz CT molecular complexity index is 1360. The average molecular weight is 581 g/mol. The Morgan fingerprint density at radius 1 is 0.973 bits per heavy atom. The lowest BCUT2D eigenvalue weighted by Crippen LogP contribution is -2.55. The van der Waals surface area contributed by atoms with E-state index in [1.54, 1.807) is 18.2 Å². The number of likely N-dealkylation sites (N-methyl/N-ethyl adjacent to an activating group) is 1. The highest BCUT2D eigenvalue weighted by atomic mass is 35.5. The summed E-state index contributed by atoms with van der Waals surface area (Å²) >= 11 is 13.1. The van der Waals surface area contributed by atoms with Crippen LogP contribution >= 0.6 is 48.0 Å². The molecular formula is C27H29Cl4N5O. The van der Waals surface area contributed by atoms with Crippen LogP contribution in [-0.2, 0) is 0 Å². The second-order valence-electron chi connectivity index (χ2n) is 9.19. The van der Waals surface area contributed by atoms with Gasteiger partial charge in [0.25, 0.3) is 5.91 Å². The lowest BCUT2D eigenvalue weighted by atomic mass is 10.1. The number of fused-ring (bicyclic) bond motifs is 1. The number of nitrogens with zero attached hydrogens (tertiary/aromatic N) is 3. The first-order chi connectivity index (χ1) is 16.8. The zero-order chi connectivity index (χ0) is 24.7. The van der Waals surface area contributed by atoms with Crippen molar-refractivity contribution in [2.45, 2.75) is 25.9 Å². The van der Waals surface area contributed by atoms with Crippen molar-refractivity contribution < 1.29 is 4.79 Å². The molecule has 6 nitrogen and oxygen atoms in total. The van der Waals surface area contributed by atoms with Gasteiger partial charge in [0.15, 0.2) is 0 Å². The fourth-order valence-corrected chi connectivity index (χ4v) is 5.08. The summed E-state index contributed by atoms with van der Waals surface area (Å²) < 4.78 is 0. The van der Waals surface area contributed by atoms with Crippen LogP contribution in [0.4, 0.5) is 11.4 Å². The number of aromatic amines is 1. The first-order valence-corrected chi connectivity index (χ1v) is 12.4. The normalized spacial score (nSPS) is 17.7. The van der Waals surface area contributed by atoms with Crippen molar-refractivity contribution in [2.24, 2.45) is 0 Å². The van der Waals surface area contributed by atoms with E-state index in [2.05, 4.69) is 46.0 Å². The van der Waals surface area contributed by atoms with Crippen LogP contribution in [0.15, 0.2) is 60.7 Å². The number of imidazole rings is 1. The molecule has 10 heteroatoms. The van der Waals surface area contributed by atoms with Crippen LogP contribution in [0.2, 0.25) is 10.0 Å². The summed E-state index contributed by atoms with van der Waals surface area (Å²) in [5.74, 6) is 0.409. The number of aromatic nitrogens is 2. The Morgan fingerprint density at radius 2 is 1.68 bits per heavy atom. The molecule has 0 radical (unpaired) electrons. The fraction of sp³-hybridized carbons (Fsp3) is 0.259. The number of benzene rings is 3. The third-order valence-electron chi connectivity index (χ3n) is 6.78. The second kappa shape index (κ2) is 11.9. The smallest absolute Gasteiger partial charge is 0.255 e. The molecule has 1 aliphatic heterocycles. The second-order valence-corrected chi connectivity index (χ2v) is 10.0. The molecule has 0 bridgehead atoms. The van der Waals surface area contributed by atoms with Gasteiger partial charge in [-0.25, -0.2) is 4.98 Å². The molecule has 196 valence electrons. The SMILES string of the molecule is C[C@@H]1CN(c2ccc(C(=O)Nc3ccc(Cl)c(-c4nc5ccccc5[nH]4)c3)cc2Cl)C[C@H](C)N1C.Cl.Cl. The van der Waals surface area contributed by atoms with Crippen molar-refractivity contribution in [3.05, 3.63) is 76.3 Å². The number of para-hydroxylation sites is 2. The molecule has 0 aliphatic carbocycles. The van der Waals surface area contributed by atoms with Gasteiger partial charge in [-0.05, 0) is 69.4 Å². The van der Waals surface area contributed by atoms with Gasteiger partial charge in [-0.15, -0.1) is 24.8 Å². The van der Waals surface area contributed by atoms with E-state index in [0.29, 0.717) is 44.8 Å². The minimum absolute atomic E-state index is 0. The molecule has 1 aromatic heterocycles. The molecule has 37 heavy (non-hydrogen) atoms. The molecule has 0 unspecified atom stereocenters. The van der Waals surface area contributed by atoms with Gasteiger partial charge in [-0.3, -0.25) is 9.69 Å². The molecule has 0 saturated carbocycles. The summed E-state index contributed by atoms with van der Waals surface area (Å²) in [5, 5.41) is 4.07. The van der Waals surface area contributed by atoms with Crippen LogP contribution in [0, 0.1) is 0 Å². The molecule has 1 saturated heterocycles. The van der Waals surface area contributed by atoms with Crippen LogP contribution in [0.25, 0.3) is 22.4 Å². The molecule has 1 amide bonds. The number of hydrogen-bond donors (Lipinski definition) is 2. The molecule has 4 aromatic rings. The predicted molar refractivity (Wildman–Crippen MR) is 159 cm³/mol. The monoisotopic (exact) mass is 579 g/mol. The number of rotatable bonds is 4. The highest BCUT2D eigenvalue weighted by molar-refractivity contribution is 6.34. The van der Waals surface area contributed by atoms with E-state index >= 15 is 0 Å². The van der Waals surface area contributed by atoms with E-state index in [1.165, 1.54) is 0 Å². The molecule has 2 N–H and O–H groups in total. The molecule has 5 rings (SSSR count). The summed E-state index contributed by atoms with van der Waals surface area (Å²) in [4.78, 5) is 25.6. The lowest BCUT2D eigenvalue weighted by Gasteiger charge is -2.43. The quantitative estimate of drug-likeness (QED) is 0.269. The highest BCUT2D eigenvalue weighted by Gasteiger charge is 2.27. The third-order valence-corrected chi connectivity index (χ3v) is 7.41. The molecular weight excluding hydrogens is 552 g/mol. The van der Waals surface area contributed by atoms with Crippen molar-refractivity contribution in [3.63, 3.8) is 0 Å². The number of amides is 1. The number of carbonyl (C=O) groups excluding carboxylic acids is 1. The molecule has 1 fully saturated rings. The first kappa shape index (κ1) is 29.1. The van der Waals surface area contributed by atoms with Gasteiger partial charge in [-0.1, -0.05) is 35.3 Å². The molecule has 0 spiro atoms. The van der Waals surface area contributed by atoms with Gasteiger partial charge >= 0.3 is 0 Å². The van der Waals surface area contributed by atoms with Crippen molar-refractivity contribution >= 4 is 76.3 Å². The maximum absolute atomic E-state index is 13.0. The number of H-pyrrole nitrogens is 1. The Morgan fingerprint density at radius 3 is 2.35 bits per heavy atom. The summed E-state index contributed by atoms with van der Waals surface area (Å²) in [6.07, 6.45) is 0. The van der Waals surface area contributed by atoms with Crippen LogP contribution in [0.5, 0.6) is 0 Å². The van der Waals surface area contributed by atoms with Gasteiger partial charge in [0.05, 0.1) is 26.8 Å². The first-order valence-electron chi connectivity index (χ1n) is 11.6. The Kier molecular flexibility index (Phi) is 9.37. The van der Waals surface area contributed by atoms with E-state index in [0.717, 1.165) is 29.8 Å². The Balaban J connectivity index is 0.00000190. The minimum atomic E-state index is -0.239. The summed E-state index contributed by atoms with van der Waals surface area (Å²) in [6, 6.07) is 19.5. The van der Waals surface area contributed by atoms with Crippen molar-refractivity contribution in [2.75, 3.05) is 30.4 Å². The average Bonchev–Trinajstić information content (AvgIpc) is 3.27. The van der Waals surface area contributed by atoms with E-state index in [1.807, 2.05) is 42.5 Å². The molecule has 2 atom stereocenters. The van der Waals surface area contributed by atoms with Gasteiger partial charge in [-0.2, -0.15) is 0 Å². The maximum Gasteiger partial charge on any atom is 0.255 e. The van der Waals surface area contributed by atoms with E-state index in [-0.39, 0.29) is 30.7 Å². The summed E-state index contributed by atoms with van der Waals surface area (Å²) in [7, 11) is 2.15. The number of piperazine rings is 1. The Labute approximate surface area is 239 Å². The van der Waals surface area contributed by atoms with Crippen molar-refractivity contribution in [1.29, 1.82) is 0 Å². The topological polar surface area (TPSA) is 64.3 Å². The summed E-state index contributed by atoms with van der Waals surface area (Å²) in [6.45, 7) is 6.21. The summed E-state index contributed by atoms with van der Waals surface area (Å²) in [5.41, 5.74) is 4.56. The maximum atomic E-state index is 13.0. The zero-order valence-corrected chi connectivity index (χ0v) is 23.8.